The van der Waals surface area contributed by atoms with Crippen LogP contribution in [0.3, 0.4) is 0 Å². The number of nitrogens with zero attached hydrogens (tertiary/aromatic N) is 2. The highest BCUT2D eigenvalue weighted by molar-refractivity contribution is 5.68. The van der Waals surface area contributed by atoms with Gasteiger partial charge < -0.3 is 14.4 Å². The predicted molar refractivity (Wildman–Crippen MR) is 77.0 cm³/mol. The molecular formula is C17H14N2O4. The highest BCUT2D eigenvalue weighted by Gasteiger charge is 2.22. The topological polar surface area (TPSA) is 79.3 Å². The number of ether oxygens (including phenoxy) is 1. The quantitative estimate of drug-likeness (QED) is 0.525. The Morgan fingerprint density at radius 2 is 1.65 bits per heavy atom. The van der Waals surface area contributed by atoms with Gasteiger partial charge in [0.15, 0.2) is 6.10 Å². The Morgan fingerprint density at radius 1 is 1.09 bits per heavy atom. The molecule has 6 nitrogen and oxygen atoms in total. The van der Waals surface area contributed by atoms with Crippen LogP contribution in [0.4, 0.5) is 0 Å². The first kappa shape index (κ1) is 14.8. The van der Waals surface area contributed by atoms with Crippen molar-refractivity contribution < 1.29 is 23.8 Å². The Kier molecular flexibility index (Phi) is 4.33. The van der Waals surface area contributed by atoms with E-state index in [1.54, 1.807) is 0 Å². The maximum atomic E-state index is 12.2. The van der Waals surface area contributed by atoms with Crippen LogP contribution in [0.2, 0.25) is 0 Å². The van der Waals surface area contributed by atoms with Crippen LogP contribution < -0.4 is 9.79 Å². The fourth-order valence-corrected chi connectivity index (χ4v) is 2.22. The van der Waals surface area contributed by atoms with Gasteiger partial charge in [0, 0.05) is 0 Å². The zero-order chi connectivity index (χ0) is 16.1. The zero-order valence-electron chi connectivity index (χ0n) is 12.2. The van der Waals surface area contributed by atoms with Crippen LogP contribution >= 0.6 is 0 Å². The minimum absolute atomic E-state index is 0.193. The number of esters is 1. The predicted octanol–water partition coefficient (Wildman–Crippen LogP) is 1.37. The van der Waals surface area contributed by atoms with Crippen molar-refractivity contribution in [3.63, 3.8) is 0 Å². The lowest BCUT2D eigenvalue weighted by Crippen LogP contribution is -2.40. The second kappa shape index (κ2) is 6.74. The first-order valence-corrected chi connectivity index (χ1v) is 7.05. The summed E-state index contributed by atoms with van der Waals surface area (Å²) in [6.45, 7) is -0.193. The molecule has 2 aromatic carbocycles. The summed E-state index contributed by atoms with van der Waals surface area (Å²) in [4.78, 5) is 12.2. The molecule has 0 aliphatic rings. The summed E-state index contributed by atoms with van der Waals surface area (Å²) in [5.41, 5.74) is 1.73. The van der Waals surface area contributed by atoms with E-state index in [1.807, 2.05) is 60.7 Å². The first-order chi connectivity index (χ1) is 11.2. The lowest BCUT2D eigenvalue weighted by atomic mass is 10.0. The average Bonchev–Trinajstić information content (AvgIpc) is 2.99. The maximum absolute atomic E-state index is 12.2. The molecule has 0 aliphatic heterocycles. The average molecular weight is 310 g/mol. The standard InChI is InChI=1S/C17H14N2O4/c20-15(11-19-12-16(21)23-18-19)22-17(13-7-3-1-4-8-13)14-9-5-2-6-10-14/h1-10,12,17H,11H2. The van der Waals surface area contributed by atoms with Crippen molar-refractivity contribution in [3.05, 3.63) is 78.0 Å². The molecule has 0 atom stereocenters. The molecule has 0 saturated carbocycles. The molecule has 1 aromatic heterocycles. The minimum Gasteiger partial charge on any atom is -0.539 e. The van der Waals surface area contributed by atoms with Crippen molar-refractivity contribution in [2.75, 3.05) is 0 Å². The van der Waals surface area contributed by atoms with Gasteiger partial charge in [-0.05, 0) is 11.1 Å². The van der Waals surface area contributed by atoms with Crippen LogP contribution in [0.1, 0.15) is 17.2 Å². The van der Waals surface area contributed by atoms with Gasteiger partial charge in [-0.3, -0.25) is 0 Å². The molecule has 3 rings (SSSR count). The minimum atomic E-state index is -0.611. The molecule has 0 aliphatic carbocycles. The van der Waals surface area contributed by atoms with Crippen LogP contribution in [0.15, 0.2) is 71.4 Å². The Bertz CT molecular complexity index is 732. The fraction of sp³-hybridized carbons (Fsp3) is 0.118. The highest BCUT2D eigenvalue weighted by Crippen LogP contribution is 2.25. The van der Waals surface area contributed by atoms with E-state index in [2.05, 4.69) is 9.79 Å². The first-order valence-electron chi connectivity index (χ1n) is 7.05. The summed E-state index contributed by atoms with van der Waals surface area (Å²) in [6, 6.07) is 18.9. The molecule has 0 fully saturated rings. The molecule has 1 heterocycles. The van der Waals surface area contributed by atoms with Crippen molar-refractivity contribution >= 4 is 5.97 Å². The van der Waals surface area contributed by atoms with Crippen molar-refractivity contribution in [2.45, 2.75) is 12.6 Å². The Morgan fingerprint density at radius 3 is 2.13 bits per heavy atom. The molecule has 0 spiro atoms. The third-order valence-corrected chi connectivity index (χ3v) is 3.24. The van der Waals surface area contributed by atoms with Gasteiger partial charge >= 0.3 is 5.97 Å². The number of rotatable bonds is 5. The number of carbonyl (C=O) groups is 1. The second-order valence-electron chi connectivity index (χ2n) is 4.91. The normalized spacial score (nSPS) is 10.7. The molecule has 0 radical (unpaired) electrons. The van der Waals surface area contributed by atoms with Gasteiger partial charge in [0.1, 0.15) is 5.95 Å². The summed E-state index contributed by atoms with van der Waals surface area (Å²) in [6.07, 6.45) is 0.575. The van der Waals surface area contributed by atoms with E-state index in [9.17, 15) is 9.90 Å². The van der Waals surface area contributed by atoms with Gasteiger partial charge in [0.05, 0.1) is 5.27 Å². The van der Waals surface area contributed by atoms with Gasteiger partial charge in [-0.2, -0.15) is 0 Å². The Balaban J connectivity index is 1.80. The van der Waals surface area contributed by atoms with E-state index < -0.39 is 18.0 Å². The molecule has 0 saturated heterocycles. The lowest BCUT2D eigenvalue weighted by Gasteiger charge is -2.17. The highest BCUT2D eigenvalue weighted by atomic mass is 16.6. The van der Waals surface area contributed by atoms with Crippen molar-refractivity contribution in [1.29, 1.82) is 0 Å². The van der Waals surface area contributed by atoms with Gasteiger partial charge in [0.25, 0.3) is 6.54 Å². The lowest BCUT2D eigenvalue weighted by molar-refractivity contribution is -0.752. The van der Waals surface area contributed by atoms with E-state index in [0.717, 1.165) is 22.0 Å². The molecule has 23 heavy (non-hydrogen) atoms. The molecule has 6 heteroatoms. The summed E-state index contributed by atoms with van der Waals surface area (Å²) < 4.78 is 11.1. The largest absolute Gasteiger partial charge is 0.539 e. The number of benzene rings is 2. The third-order valence-electron chi connectivity index (χ3n) is 3.24. The van der Waals surface area contributed by atoms with Crippen LogP contribution in [-0.2, 0) is 16.1 Å². The molecule has 116 valence electrons. The number of aromatic nitrogens is 2. The maximum Gasteiger partial charge on any atom is 0.376 e. The van der Waals surface area contributed by atoms with E-state index in [0.29, 0.717) is 0 Å². The van der Waals surface area contributed by atoms with Gasteiger partial charge in [-0.1, -0.05) is 65.3 Å². The monoisotopic (exact) mass is 310 g/mol. The SMILES string of the molecule is O=C(C[n+]1cc([O-])on1)OC(c1ccccc1)c1ccccc1. The number of carbonyl (C=O) groups excluding carboxylic acids is 1. The van der Waals surface area contributed by atoms with Crippen molar-refractivity contribution in [1.82, 2.24) is 5.27 Å². The third kappa shape index (κ3) is 3.74. The van der Waals surface area contributed by atoms with Gasteiger partial charge in [0.2, 0.25) is 6.20 Å². The van der Waals surface area contributed by atoms with E-state index in [1.165, 1.54) is 0 Å². The van der Waals surface area contributed by atoms with Crippen LogP contribution in [0.25, 0.3) is 0 Å². The molecule has 3 aromatic rings. The van der Waals surface area contributed by atoms with Crippen molar-refractivity contribution in [2.24, 2.45) is 0 Å². The van der Waals surface area contributed by atoms with E-state index >= 15 is 0 Å². The molecule has 0 unspecified atom stereocenters. The number of hydrogen-bond donors (Lipinski definition) is 0. The fourth-order valence-electron chi connectivity index (χ4n) is 2.22. The Hall–Kier alpha value is -3.15. The van der Waals surface area contributed by atoms with Gasteiger partial charge in [-0.25, -0.2) is 4.79 Å². The smallest absolute Gasteiger partial charge is 0.376 e. The van der Waals surface area contributed by atoms with Crippen LogP contribution in [0, 0.1) is 0 Å². The second-order valence-corrected chi connectivity index (χ2v) is 4.91. The van der Waals surface area contributed by atoms with E-state index in [-0.39, 0.29) is 6.54 Å². The molecule has 0 amide bonds. The van der Waals surface area contributed by atoms with Crippen LogP contribution in [-0.4, -0.2) is 11.2 Å². The molecule has 0 bridgehead atoms. The summed E-state index contributed by atoms with van der Waals surface area (Å²) in [5.74, 6) is -1.12. The number of hydrogen-bond acceptors (Lipinski definition) is 5. The molecular weight excluding hydrogens is 296 g/mol. The van der Waals surface area contributed by atoms with Gasteiger partial charge in [-0.15, -0.1) is 0 Å². The molecule has 0 N–H and O–H groups in total. The zero-order valence-corrected chi connectivity index (χ0v) is 12.2. The van der Waals surface area contributed by atoms with Crippen LogP contribution in [0.5, 0.6) is 5.95 Å². The van der Waals surface area contributed by atoms with Crippen molar-refractivity contribution in [3.8, 4) is 5.95 Å². The summed E-state index contributed by atoms with van der Waals surface area (Å²) in [5, 5.41) is 14.4. The Labute approximate surface area is 132 Å². The van der Waals surface area contributed by atoms with E-state index in [4.69, 9.17) is 4.74 Å². The summed E-state index contributed by atoms with van der Waals surface area (Å²) in [7, 11) is 0. The summed E-state index contributed by atoms with van der Waals surface area (Å²) >= 11 is 0.